The Hall–Kier alpha value is -3.01. The van der Waals surface area contributed by atoms with Crippen LogP contribution in [0, 0.1) is 0 Å². The van der Waals surface area contributed by atoms with Crippen molar-refractivity contribution in [3.63, 3.8) is 0 Å². The van der Waals surface area contributed by atoms with Gasteiger partial charge in [0.05, 0.1) is 6.04 Å². The lowest BCUT2D eigenvalue weighted by molar-refractivity contribution is -0.131. The number of nitrogens with two attached hydrogens (primary N) is 1. The van der Waals surface area contributed by atoms with E-state index in [4.69, 9.17) is 5.73 Å². The Kier molecular flexibility index (Phi) is 7.47. The van der Waals surface area contributed by atoms with Gasteiger partial charge >= 0.3 is 0 Å². The van der Waals surface area contributed by atoms with E-state index in [1.807, 2.05) is 0 Å². The highest BCUT2D eigenvalue weighted by molar-refractivity contribution is 5.96. The van der Waals surface area contributed by atoms with Crippen LogP contribution in [-0.4, -0.2) is 46.7 Å². The molecule has 0 saturated carbocycles. The van der Waals surface area contributed by atoms with Gasteiger partial charge < -0.3 is 16.4 Å². The Balaban J connectivity index is 2.44. The lowest BCUT2D eigenvalue weighted by Gasteiger charge is -2.19. The normalized spacial score (nSPS) is 13.8. The molecule has 0 unspecified atom stereocenters. The second-order valence-corrected chi connectivity index (χ2v) is 5.43. The highest BCUT2D eigenvalue weighted by Gasteiger charge is 2.22. The van der Waals surface area contributed by atoms with Crippen LogP contribution in [0.5, 0.6) is 0 Å². The quantitative estimate of drug-likeness (QED) is 0.381. The molecule has 0 spiro atoms. The van der Waals surface area contributed by atoms with Crippen molar-refractivity contribution in [3.8, 4) is 0 Å². The molecule has 1 aromatic heterocycles. The van der Waals surface area contributed by atoms with E-state index >= 15 is 0 Å². The molecule has 0 fully saturated rings. The van der Waals surface area contributed by atoms with E-state index in [0.29, 0.717) is 5.56 Å². The molecule has 1 heterocycles. The third-order valence-electron chi connectivity index (χ3n) is 3.16. The van der Waals surface area contributed by atoms with E-state index in [-0.39, 0.29) is 0 Å². The molecule has 4 amide bonds. The molecular formula is C15H22N6O4. The molecule has 0 aliphatic heterocycles. The Bertz CT molecular complexity index is 634. The summed E-state index contributed by atoms with van der Waals surface area (Å²) in [5, 5.41) is 4.83. The summed E-state index contributed by atoms with van der Waals surface area (Å²) in [6, 6.07) is 0.421. The first-order valence-corrected chi connectivity index (χ1v) is 7.59. The molecule has 1 aromatic rings. The van der Waals surface area contributed by atoms with Crippen LogP contribution < -0.4 is 27.2 Å². The predicted molar refractivity (Wildman–Crippen MR) is 88.7 cm³/mol. The number of nitrogens with zero attached hydrogens (tertiary/aromatic N) is 1. The molecule has 0 aliphatic rings. The molecule has 10 heteroatoms. The Morgan fingerprint density at radius 2 is 1.40 bits per heavy atom. The topological polar surface area (TPSA) is 155 Å². The van der Waals surface area contributed by atoms with E-state index in [1.54, 1.807) is 0 Å². The Morgan fingerprint density at radius 3 is 1.96 bits per heavy atom. The molecule has 1 rings (SSSR count). The third kappa shape index (κ3) is 6.55. The minimum atomic E-state index is -0.931. The fraction of sp³-hybridized carbons (Fsp3) is 0.400. The minimum Gasteiger partial charge on any atom is -0.343 e. The van der Waals surface area contributed by atoms with Crippen LogP contribution in [-0.2, 0) is 14.4 Å². The number of pyridine rings is 1. The van der Waals surface area contributed by atoms with Gasteiger partial charge in [-0.2, -0.15) is 0 Å². The van der Waals surface area contributed by atoms with E-state index in [9.17, 15) is 19.2 Å². The molecule has 0 aromatic carbocycles. The van der Waals surface area contributed by atoms with Gasteiger partial charge in [0, 0.05) is 18.0 Å². The smallest absolute Gasteiger partial charge is 0.269 e. The molecule has 136 valence electrons. The summed E-state index contributed by atoms with van der Waals surface area (Å²) in [7, 11) is 0. The SMILES string of the molecule is C[C@H](N)C(=O)N[C@@H](C)C(=O)N[C@@H](C)C(=O)NNC(=O)c1ccncc1. The highest BCUT2D eigenvalue weighted by atomic mass is 16.2. The van der Waals surface area contributed by atoms with Crippen molar-refractivity contribution < 1.29 is 19.2 Å². The first kappa shape index (κ1) is 20.0. The van der Waals surface area contributed by atoms with Gasteiger partial charge in [0.1, 0.15) is 12.1 Å². The first-order valence-electron chi connectivity index (χ1n) is 7.59. The first-order chi connectivity index (χ1) is 11.7. The van der Waals surface area contributed by atoms with Gasteiger partial charge in [0.15, 0.2) is 0 Å². The molecule has 10 nitrogen and oxygen atoms in total. The van der Waals surface area contributed by atoms with E-state index in [2.05, 4.69) is 26.5 Å². The highest BCUT2D eigenvalue weighted by Crippen LogP contribution is 1.94. The Labute approximate surface area is 144 Å². The van der Waals surface area contributed by atoms with E-state index in [1.165, 1.54) is 45.3 Å². The number of rotatable bonds is 6. The molecule has 0 radical (unpaired) electrons. The summed E-state index contributed by atoms with van der Waals surface area (Å²) in [6.07, 6.45) is 2.88. The number of hydrogen-bond acceptors (Lipinski definition) is 6. The van der Waals surface area contributed by atoms with Gasteiger partial charge in [0.25, 0.3) is 11.8 Å². The summed E-state index contributed by atoms with van der Waals surface area (Å²) >= 11 is 0. The van der Waals surface area contributed by atoms with E-state index < -0.39 is 41.8 Å². The largest absolute Gasteiger partial charge is 0.343 e. The number of amides is 4. The zero-order valence-electron chi connectivity index (χ0n) is 14.2. The molecule has 25 heavy (non-hydrogen) atoms. The maximum atomic E-state index is 11.9. The summed E-state index contributed by atoms with van der Waals surface area (Å²) in [6.45, 7) is 4.39. The number of carbonyl (C=O) groups excluding carboxylic acids is 4. The van der Waals surface area contributed by atoms with Crippen molar-refractivity contribution in [1.82, 2.24) is 26.5 Å². The molecule has 0 aliphatic carbocycles. The van der Waals surface area contributed by atoms with Crippen molar-refractivity contribution in [1.29, 1.82) is 0 Å². The zero-order valence-corrected chi connectivity index (χ0v) is 14.2. The van der Waals surface area contributed by atoms with Crippen molar-refractivity contribution in [2.45, 2.75) is 38.9 Å². The molecule has 0 saturated heterocycles. The Morgan fingerprint density at radius 1 is 0.880 bits per heavy atom. The van der Waals surface area contributed by atoms with Gasteiger partial charge in [-0.05, 0) is 32.9 Å². The van der Waals surface area contributed by atoms with Crippen LogP contribution in [0.15, 0.2) is 24.5 Å². The van der Waals surface area contributed by atoms with Crippen LogP contribution in [0.3, 0.4) is 0 Å². The fourth-order valence-corrected chi connectivity index (χ4v) is 1.62. The van der Waals surface area contributed by atoms with Crippen LogP contribution in [0.2, 0.25) is 0 Å². The minimum absolute atomic E-state index is 0.319. The zero-order chi connectivity index (χ0) is 19.0. The summed E-state index contributed by atoms with van der Waals surface area (Å²) < 4.78 is 0. The molecule has 3 atom stereocenters. The predicted octanol–water partition coefficient (Wildman–Crippen LogP) is -1.80. The summed E-state index contributed by atoms with van der Waals surface area (Å²) in [5.41, 5.74) is 10.1. The summed E-state index contributed by atoms with van der Waals surface area (Å²) in [5.74, 6) is -2.19. The van der Waals surface area contributed by atoms with Gasteiger partial charge in [-0.25, -0.2) is 0 Å². The maximum Gasteiger partial charge on any atom is 0.269 e. The lowest BCUT2D eigenvalue weighted by atomic mass is 10.2. The third-order valence-corrected chi connectivity index (χ3v) is 3.16. The van der Waals surface area contributed by atoms with Crippen molar-refractivity contribution >= 4 is 23.6 Å². The van der Waals surface area contributed by atoms with Crippen LogP contribution >= 0.6 is 0 Å². The summed E-state index contributed by atoms with van der Waals surface area (Å²) in [4.78, 5) is 50.8. The molecule has 0 bridgehead atoms. The van der Waals surface area contributed by atoms with Crippen LogP contribution in [0.25, 0.3) is 0 Å². The van der Waals surface area contributed by atoms with Crippen LogP contribution in [0.4, 0.5) is 0 Å². The second-order valence-electron chi connectivity index (χ2n) is 5.43. The van der Waals surface area contributed by atoms with Gasteiger partial charge in [-0.15, -0.1) is 0 Å². The fourth-order valence-electron chi connectivity index (χ4n) is 1.62. The van der Waals surface area contributed by atoms with E-state index in [0.717, 1.165) is 0 Å². The standard InChI is InChI=1S/C15H22N6O4/c1-8(16)12(22)18-9(2)13(23)19-10(3)14(24)20-21-15(25)11-4-6-17-7-5-11/h4-10H,16H2,1-3H3,(H,18,22)(H,19,23)(H,20,24)(H,21,25)/t8-,9-,10-/m0/s1. The number of hydrogen-bond donors (Lipinski definition) is 5. The second kappa shape index (κ2) is 9.33. The lowest BCUT2D eigenvalue weighted by Crippen LogP contribution is -2.55. The van der Waals surface area contributed by atoms with Crippen molar-refractivity contribution in [2.75, 3.05) is 0 Å². The van der Waals surface area contributed by atoms with Crippen molar-refractivity contribution in [2.24, 2.45) is 5.73 Å². The molecule has 6 N–H and O–H groups in total. The number of aromatic nitrogens is 1. The average molecular weight is 350 g/mol. The average Bonchev–Trinajstić information content (AvgIpc) is 2.59. The van der Waals surface area contributed by atoms with Gasteiger partial charge in [-0.3, -0.25) is 35.0 Å². The monoisotopic (exact) mass is 350 g/mol. The number of nitrogens with one attached hydrogen (secondary N) is 4. The van der Waals surface area contributed by atoms with Crippen molar-refractivity contribution in [3.05, 3.63) is 30.1 Å². The van der Waals surface area contributed by atoms with Gasteiger partial charge in [0.2, 0.25) is 11.8 Å². The number of carbonyl (C=O) groups is 4. The molecular weight excluding hydrogens is 328 g/mol. The number of hydrazine groups is 1. The maximum absolute atomic E-state index is 11.9. The van der Waals surface area contributed by atoms with Crippen LogP contribution in [0.1, 0.15) is 31.1 Å². The van der Waals surface area contributed by atoms with Gasteiger partial charge in [-0.1, -0.05) is 0 Å².